The van der Waals surface area contributed by atoms with E-state index in [1.54, 1.807) is 6.07 Å². The molecule has 5 heteroatoms. The smallest absolute Gasteiger partial charge is 0.405 e. The van der Waals surface area contributed by atoms with Gasteiger partial charge in [-0.15, -0.1) is 0 Å². The fraction of sp³-hybridized carbons (Fsp3) is 0.316. The molecule has 0 saturated carbocycles. The van der Waals surface area contributed by atoms with E-state index in [-0.39, 0.29) is 17.3 Å². The maximum Gasteiger partial charge on any atom is 0.405 e. The van der Waals surface area contributed by atoms with Crippen LogP contribution in [0.3, 0.4) is 0 Å². The zero-order chi connectivity index (χ0) is 17.5. The third kappa shape index (κ3) is 2.94. The van der Waals surface area contributed by atoms with Crippen molar-refractivity contribution in [3.63, 3.8) is 0 Å². The number of hydrogen-bond acceptors (Lipinski definition) is 3. The molecule has 1 atom stereocenters. The molecule has 3 rings (SSSR count). The van der Waals surface area contributed by atoms with Gasteiger partial charge in [0.05, 0.1) is 7.11 Å². The van der Waals surface area contributed by atoms with Gasteiger partial charge < -0.3 is 15.2 Å². The van der Waals surface area contributed by atoms with Crippen molar-refractivity contribution >= 4 is 6.09 Å². The van der Waals surface area contributed by atoms with E-state index in [4.69, 9.17) is 15.2 Å². The van der Waals surface area contributed by atoms with E-state index >= 15 is 0 Å². The average Bonchev–Trinajstić information content (AvgIpc) is 2.75. The Kier molecular flexibility index (Phi) is 3.95. The fourth-order valence-corrected chi connectivity index (χ4v) is 3.39. The Bertz CT molecular complexity index is 801. The van der Waals surface area contributed by atoms with Gasteiger partial charge in [0.15, 0.2) is 0 Å². The highest BCUT2D eigenvalue weighted by molar-refractivity contribution is 5.68. The molecule has 1 amide bonds. The molecule has 24 heavy (non-hydrogen) atoms. The van der Waals surface area contributed by atoms with E-state index in [0.29, 0.717) is 5.75 Å². The van der Waals surface area contributed by atoms with Crippen LogP contribution in [0.4, 0.5) is 9.18 Å². The first-order chi connectivity index (χ1) is 11.3. The number of ether oxygens (including phenoxy) is 2. The molecular weight excluding hydrogens is 309 g/mol. The summed E-state index contributed by atoms with van der Waals surface area (Å²) < 4.78 is 24.2. The van der Waals surface area contributed by atoms with Gasteiger partial charge >= 0.3 is 6.09 Å². The van der Waals surface area contributed by atoms with Gasteiger partial charge in [0, 0.05) is 11.5 Å². The largest absolute Gasteiger partial charge is 0.497 e. The first kappa shape index (κ1) is 16.3. The van der Waals surface area contributed by atoms with Crippen molar-refractivity contribution in [3.05, 3.63) is 53.3 Å². The van der Waals surface area contributed by atoms with Crippen molar-refractivity contribution in [2.75, 3.05) is 7.11 Å². The summed E-state index contributed by atoms with van der Waals surface area (Å²) in [5.41, 5.74) is 8.62. The summed E-state index contributed by atoms with van der Waals surface area (Å²) in [6, 6.07) is 10.4. The molecule has 1 aliphatic carbocycles. The molecule has 0 bridgehead atoms. The lowest BCUT2D eigenvalue weighted by atomic mass is 9.87. The van der Waals surface area contributed by atoms with E-state index in [1.165, 1.54) is 19.2 Å². The molecule has 2 aromatic carbocycles. The molecule has 1 aliphatic rings. The zero-order valence-electron chi connectivity index (χ0n) is 13.9. The van der Waals surface area contributed by atoms with Crippen LogP contribution in [0.25, 0.3) is 11.1 Å². The third-order valence-electron chi connectivity index (χ3n) is 4.46. The van der Waals surface area contributed by atoms with Crippen molar-refractivity contribution in [2.45, 2.75) is 26.4 Å². The summed E-state index contributed by atoms with van der Waals surface area (Å²) in [6.45, 7) is 4.07. The molecular formula is C19H20FNO3. The van der Waals surface area contributed by atoms with Crippen LogP contribution in [0.5, 0.6) is 5.75 Å². The topological polar surface area (TPSA) is 61.6 Å². The van der Waals surface area contributed by atoms with Gasteiger partial charge in [-0.3, -0.25) is 0 Å². The number of nitrogens with two attached hydrogens (primary N) is 1. The number of amides is 1. The molecule has 2 aromatic rings. The number of carbonyl (C=O) groups excluding carboxylic acids is 1. The lowest BCUT2D eigenvalue weighted by Crippen LogP contribution is -2.25. The van der Waals surface area contributed by atoms with Crippen LogP contribution in [0, 0.1) is 11.2 Å². The normalized spacial score (nSPS) is 18.1. The number of primary amides is 1. The maximum absolute atomic E-state index is 13.8. The van der Waals surface area contributed by atoms with Crippen LogP contribution in [0.2, 0.25) is 0 Å². The predicted molar refractivity (Wildman–Crippen MR) is 89.3 cm³/mol. The predicted octanol–water partition coefficient (Wildman–Crippen LogP) is 4.22. The number of hydrogen-bond donors (Lipinski definition) is 1. The van der Waals surface area contributed by atoms with E-state index in [2.05, 4.69) is 0 Å². The molecule has 0 spiro atoms. The number of fused-ring (bicyclic) bond motifs is 1. The average molecular weight is 329 g/mol. The molecule has 0 fully saturated rings. The Balaban J connectivity index is 2.02. The summed E-state index contributed by atoms with van der Waals surface area (Å²) in [5, 5.41) is 0. The minimum atomic E-state index is -0.778. The molecule has 0 aliphatic heterocycles. The standard InChI is InChI=1S/C19H20FNO3/c1-19(2)10-13-6-11(4-5-16(13)17(19)24-18(21)22)12-7-14(20)9-15(8-12)23-3/h4-9,17H,10H2,1-3H3,(H2,21,22). The molecule has 0 heterocycles. The van der Waals surface area contributed by atoms with Gasteiger partial charge in [-0.2, -0.15) is 0 Å². The van der Waals surface area contributed by atoms with Crippen molar-refractivity contribution < 1.29 is 18.7 Å². The second kappa shape index (κ2) is 5.82. The third-order valence-corrected chi connectivity index (χ3v) is 4.46. The Labute approximate surface area is 140 Å². The summed E-state index contributed by atoms with van der Waals surface area (Å²) in [4.78, 5) is 11.2. The van der Waals surface area contributed by atoms with Crippen LogP contribution in [-0.2, 0) is 11.2 Å². The van der Waals surface area contributed by atoms with Crippen molar-refractivity contribution in [3.8, 4) is 16.9 Å². The Morgan fingerprint density at radius 1 is 1.21 bits per heavy atom. The van der Waals surface area contributed by atoms with Crippen LogP contribution in [-0.4, -0.2) is 13.2 Å². The highest BCUT2D eigenvalue weighted by Crippen LogP contribution is 2.48. The van der Waals surface area contributed by atoms with Gasteiger partial charge in [0.1, 0.15) is 17.7 Å². The SMILES string of the molecule is COc1cc(F)cc(-c2ccc3c(c2)CC(C)(C)C3OC(N)=O)c1. The summed E-state index contributed by atoms with van der Waals surface area (Å²) >= 11 is 0. The molecule has 0 radical (unpaired) electrons. The number of halogens is 1. The Morgan fingerprint density at radius 2 is 1.96 bits per heavy atom. The second-order valence-corrected chi connectivity index (χ2v) is 6.78. The van der Waals surface area contributed by atoms with Crippen molar-refractivity contribution in [1.29, 1.82) is 0 Å². The van der Waals surface area contributed by atoms with E-state index in [0.717, 1.165) is 28.7 Å². The van der Waals surface area contributed by atoms with E-state index in [9.17, 15) is 9.18 Å². The molecule has 0 saturated heterocycles. The lowest BCUT2D eigenvalue weighted by Gasteiger charge is -2.26. The molecule has 2 N–H and O–H groups in total. The maximum atomic E-state index is 13.8. The molecule has 4 nitrogen and oxygen atoms in total. The Hall–Kier alpha value is -2.56. The first-order valence-corrected chi connectivity index (χ1v) is 7.74. The van der Waals surface area contributed by atoms with Crippen LogP contribution in [0.15, 0.2) is 36.4 Å². The number of methoxy groups -OCH3 is 1. The summed E-state index contributed by atoms with van der Waals surface area (Å²) in [6.07, 6.45) is -0.401. The minimum Gasteiger partial charge on any atom is -0.497 e. The van der Waals surface area contributed by atoms with Gasteiger partial charge in [0.25, 0.3) is 0 Å². The van der Waals surface area contributed by atoms with Crippen LogP contribution >= 0.6 is 0 Å². The number of carbonyl (C=O) groups is 1. The lowest BCUT2D eigenvalue weighted by molar-refractivity contribution is 0.0392. The van der Waals surface area contributed by atoms with Gasteiger partial charge in [0.2, 0.25) is 0 Å². The van der Waals surface area contributed by atoms with E-state index < -0.39 is 6.09 Å². The Morgan fingerprint density at radius 3 is 2.62 bits per heavy atom. The molecule has 1 unspecified atom stereocenters. The van der Waals surface area contributed by atoms with Crippen molar-refractivity contribution in [2.24, 2.45) is 11.1 Å². The summed E-state index contributed by atoms with van der Waals surface area (Å²) in [5.74, 6) is 0.126. The van der Waals surface area contributed by atoms with Crippen LogP contribution < -0.4 is 10.5 Å². The first-order valence-electron chi connectivity index (χ1n) is 7.74. The fourth-order valence-electron chi connectivity index (χ4n) is 3.39. The van der Waals surface area contributed by atoms with Crippen LogP contribution in [0.1, 0.15) is 31.1 Å². The zero-order valence-corrected chi connectivity index (χ0v) is 13.9. The van der Waals surface area contributed by atoms with Gasteiger partial charge in [-0.05, 0) is 40.8 Å². The number of benzene rings is 2. The summed E-state index contributed by atoms with van der Waals surface area (Å²) in [7, 11) is 1.51. The van der Waals surface area contributed by atoms with Gasteiger partial charge in [-0.1, -0.05) is 32.0 Å². The number of rotatable bonds is 3. The molecule has 0 aromatic heterocycles. The van der Waals surface area contributed by atoms with E-state index in [1.807, 2.05) is 32.0 Å². The molecule has 126 valence electrons. The highest BCUT2D eigenvalue weighted by Gasteiger charge is 2.41. The second-order valence-electron chi connectivity index (χ2n) is 6.78. The quantitative estimate of drug-likeness (QED) is 0.917. The minimum absolute atomic E-state index is 0.240. The van der Waals surface area contributed by atoms with Crippen molar-refractivity contribution in [1.82, 2.24) is 0 Å². The monoisotopic (exact) mass is 329 g/mol. The highest BCUT2D eigenvalue weighted by atomic mass is 19.1. The van der Waals surface area contributed by atoms with Gasteiger partial charge in [-0.25, -0.2) is 9.18 Å².